The fourth-order valence-electron chi connectivity index (χ4n) is 4.23. The third-order valence-electron chi connectivity index (χ3n) is 5.79. The summed E-state index contributed by atoms with van der Waals surface area (Å²) in [6.45, 7) is 1.84. The van der Waals surface area contributed by atoms with E-state index in [1.165, 1.54) is 0 Å². The van der Waals surface area contributed by atoms with Crippen molar-refractivity contribution in [3.8, 4) is 0 Å². The predicted molar refractivity (Wildman–Crippen MR) is 97.0 cm³/mol. The second-order valence-corrected chi connectivity index (χ2v) is 7.76. The van der Waals surface area contributed by atoms with E-state index in [9.17, 15) is 29.4 Å². The highest BCUT2D eigenvalue weighted by atomic mass is 16.7. The van der Waals surface area contributed by atoms with Gasteiger partial charge >= 0.3 is 23.9 Å². The topological polar surface area (TPSA) is 127 Å². The van der Waals surface area contributed by atoms with Crippen LogP contribution in [0.2, 0.25) is 0 Å². The van der Waals surface area contributed by atoms with Gasteiger partial charge in [-0.1, -0.05) is 32.6 Å². The van der Waals surface area contributed by atoms with Crippen LogP contribution in [-0.2, 0) is 28.7 Å². The van der Waals surface area contributed by atoms with Crippen molar-refractivity contribution in [1.29, 1.82) is 0 Å². The van der Waals surface area contributed by atoms with E-state index in [0.717, 1.165) is 25.7 Å². The molecule has 8 heteroatoms. The number of aliphatic carboxylic acids is 2. The maximum atomic E-state index is 12.6. The van der Waals surface area contributed by atoms with Crippen molar-refractivity contribution in [2.75, 3.05) is 0 Å². The van der Waals surface area contributed by atoms with Crippen LogP contribution in [0.3, 0.4) is 0 Å². The molecule has 0 amide bonds. The Morgan fingerprint density at radius 2 is 1.11 bits per heavy atom. The maximum absolute atomic E-state index is 12.6. The Morgan fingerprint density at radius 3 is 1.43 bits per heavy atom. The number of carboxylic acid groups (broad SMARTS) is 2. The summed E-state index contributed by atoms with van der Waals surface area (Å²) in [6, 6.07) is 0. The average molecular weight is 398 g/mol. The molecule has 0 bridgehead atoms. The minimum atomic E-state index is -1.11. The van der Waals surface area contributed by atoms with Crippen molar-refractivity contribution < 1.29 is 38.9 Å². The summed E-state index contributed by atoms with van der Waals surface area (Å²) >= 11 is 0. The van der Waals surface area contributed by atoms with E-state index in [1.807, 2.05) is 6.92 Å². The minimum Gasteiger partial charge on any atom is -0.481 e. The van der Waals surface area contributed by atoms with Crippen LogP contribution in [0.5, 0.6) is 0 Å². The molecule has 2 aliphatic rings. The zero-order valence-electron chi connectivity index (χ0n) is 16.3. The summed E-state index contributed by atoms with van der Waals surface area (Å²) in [7, 11) is 0. The van der Waals surface area contributed by atoms with E-state index in [-0.39, 0.29) is 6.42 Å². The van der Waals surface area contributed by atoms with Gasteiger partial charge in [-0.05, 0) is 32.1 Å². The van der Waals surface area contributed by atoms with Gasteiger partial charge < -0.3 is 19.7 Å². The minimum absolute atomic E-state index is 0.284. The van der Waals surface area contributed by atoms with Crippen LogP contribution < -0.4 is 0 Å². The number of rotatable bonds is 8. The van der Waals surface area contributed by atoms with E-state index in [4.69, 9.17) is 9.47 Å². The number of ether oxygens (including phenoxy) is 2. The number of hydrogen-bond acceptors (Lipinski definition) is 6. The van der Waals surface area contributed by atoms with Crippen molar-refractivity contribution in [3.63, 3.8) is 0 Å². The predicted octanol–water partition coefficient (Wildman–Crippen LogP) is 2.98. The van der Waals surface area contributed by atoms with Gasteiger partial charge in [-0.15, -0.1) is 0 Å². The molecule has 2 rings (SSSR count). The van der Waals surface area contributed by atoms with Crippen LogP contribution in [0.1, 0.15) is 71.1 Å². The molecule has 0 radical (unpaired) electrons. The molecule has 0 aromatic heterocycles. The number of carboxylic acids is 2. The molecule has 0 spiro atoms. The standard InChI is InChI=1S/C20H30O8/c1-2-7-16(27-19(25)14-10-5-3-8-12(14)17(21)22)28-20(26)15-11-6-4-9-13(15)18(23)24/h12-16H,2-11H2,1H3,(H,21,22)(H,23,24). The Hall–Kier alpha value is -2.12. The van der Waals surface area contributed by atoms with Gasteiger partial charge in [-0.3, -0.25) is 19.2 Å². The molecule has 0 aliphatic heterocycles. The van der Waals surface area contributed by atoms with E-state index >= 15 is 0 Å². The van der Waals surface area contributed by atoms with Gasteiger partial charge in [0.1, 0.15) is 0 Å². The second kappa shape index (κ2) is 10.4. The summed E-state index contributed by atoms with van der Waals surface area (Å²) in [5.74, 6) is -6.40. The van der Waals surface area contributed by atoms with Crippen LogP contribution in [0, 0.1) is 23.7 Å². The quantitative estimate of drug-likeness (QED) is 0.472. The monoisotopic (exact) mass is 398 g/mol. The van der Waals surface area contributed by atoms with Crippen molar-refractivity contribution in [2.45, 2.75) is 77.4 Å². The Labute approximate surface area is 164 Å². The van der Waals surface area contributed by atoms with Crippen LogP contribution in [0.25, 0.3) is 0 Å². The molecule has 28 heavy (non-hydrogen) atoms. The SMILES string of the molecule is CCCC(OC(=O)C1CCCCC1C(=O)O)OC(=O)C1CCCCC1C(=O)O. The molecule has 0 saturated heterocycles. The van der Waals surface area contributed by atoms with Crippen LogP contribution in [0.15, 0.2) is 0 Å². The molecule has 2 fully saturated rings. The first-order chi connectivity index (χ1) is 13.3. The van der Waals surface area contributed by atoms with Gasteiger partial charge in [0, 0.05) is 6.42 Å². The lowest BCUT2D eigenvalue weighted by molar-refractivity contribution is -0.200. The Balaban J connectivity index is 2.01. The lowest BCUT2D eigenvalue weighted by atomic mass is 9.79. The summed E-state index contributed by atoms with van der Waals surface area (Å²) in [5.41, 5.74) is 0. The van der Waals surface area contributed by atoms with Gasteiger partial charge in [0.15, 0.2) is 0 Å². The fourth-order valence-corrected chi connectivity index (χ4v) is 4.23. The third kappa shape index (κ3) is 5.69. The van der Waals surface area contributed by atoms with Gasteiger partial charge in [0.25, 0.3) is 0 Å². The first-order valence-corrected chi connectivity index (χ1v) is 10.2. The zero-order valence-corrected chi connectivity index (χ0v) is 16.3. The number of carbonyl (C=O) groups excluding carboxylic acids is 2. The van der Waals surface area contributed by atoms with Crippen molar-refractivity contribution in [1.82, 2.24) is 0 Å². The van der Waals surface area contributed by atoms with E-state index in [0.29, 0.717) is 32.1 Å². The third-order valence-corrected chi connectivity index (χ3v) is 5.79. The summed E-state index contributed by atoms with van der Waals surface area (Å²) in [5, 5.41) is 18.7. The molecular weight excluding hydrogens is 368 g/mol. The highest BCUT2D eigenvalue weighted by Gasteiger charge is 2.40. The van der Waals surface area contributed by atoms with E-state index in [2.05, 4.69) is 0 Å². The molecule has 2 saturated carbocycles. The van der Waals surface area contributed by atoms with E-state index in [1.54, 1.807) is 0 Å². The maximum Gasteiger partial charge on any atom is 0.312 e. The summed E-state index contributed by atoms with van der Waals surface area (Å²) < 4.78 is 10.8. The molecule has 0 heterocycles. The largest absolute Gasteiger partial charge is 0.481 e. The van der Waals surface area contributed by atoms with Crippen molar-refractivity contribution in [3.05, 3.63) is 0 Å². The van der Waals surface area contributed by atoms with Crippen molar-refractivity contribution >= 4 is 23.9 Å². The number of esters is 2. The van der Waals surface area contributed by atoms with Crippen LogP contribution in [-0.4, -0.2) is 40.4 Å². The van der Waals surface area contributed by atoms with Gasteiger partial charge in [0.05, 0.1) is 23.7 Å². The molecule has 4 unspecified atom stereocenters. The van der Waals surface area contributed by atoms with Gasteiger partial charge in [0.2, 0.25) is 6.29 Å². The molecule has 0 aromatic carbocycles. The van der Waals surface area contributed by atoms with Crippen LogP contribution in [0.4, 0.5) is 0 Å². The molecule has 0 aromatic rings. The molecule has 2 aliphatic carbocycles. The van der Waals surface area contributed by atoms with E-state index < -0.39 is 53.8 Å². The Kier molecular flexibility index (Phi) is 8.26. The normalized spacial score (nSPS) is 28.8. The summed E-state index contributed by atoms with van der Waals surface area (Å²) in [4.78, 5) is 47.9. The lowest BCUT2D eigenvalue weighted by Gasteiger charge is -2.30. The zero-order chi connectivity index (χ0) is 20.7. The molecule has 8 nitrogen and oxygen atoms in total. The number of hydrogen-bond donors (Lipinski definition) is 2. The molecule has 2 N–H and O–H groups in total. The highest BCUT2D eigenvalue weighted by Crippen LogP contribution is 2.33. The van der Waals surface area contributed by atoms with Crippen molar-refractivity contribution in [2.24, 2.45) is 23.7 Å². The van der Waals surface area contributed by atoms with Gasteiger partial charge in [-0.2, -0.15) is 0 Å². The van der Waals surface area contributed by atoms with Crippen LogP contribution >= 0.6 is 0 Å². The fraction of sp³-hybridized carbons (Fsp3) is 0.800. The Bertz CT molecular complexity index is 539. The second-order valence-electron chi connectivity index (χ2n) is 7.76. The molecule has 4 atom stereocenters. The molecule has 158 valence electrons. The highest BCUT2D eigenvalue weighted by molar-refractivity contribution is 5.82. The smallest absolute Gasteiger partial charge is 0.312 e. The molecular formula is C20H30O8. The van der Waals surface area contributed by atoms with Gasteiger partial charge in [-0.25, -0.2) is 0 Å². The first kappa shape index (κ1) is 22.2. The number of carbonyl (C=O) groups is 4. The lowest BCUT2D eigenvalue weighted by Crippen LogP contribution is -2.39. The average Bonchev–Trinajstić information content (AvgIpc) is 2.67. The first-order valence-electron chi connectivity index (χ1n) is 10.2. The summed E-state index contributed by atoms with van der Waals surface area (Å²) in [6.07, 6.45) is 4.51. The Morgan fingerprint density at radius 1 is 0.750 bits per heavy atom.